The summed E-state index contributed by atoms with van der Waals surface area (Å²) in [7, 11) is 1.82. The van der Waals surface area contributed by atoms with Gasteiger partial charge in [0, 0.05) is 12.1 Å². The summed E-state index contributed by atoms with van der Waals surface area (Å²) in [5.41, 5.74) is 1.85. The van der Waals surface area contributed by atoms with E-state index in [0.717, 1.165) is 22.6 Å². The number of aliphatic hydroxyl groups is 1. The Kier molecular flexibility index (Phi) is 3.31. The maximum absolute atomic E-state index is 9.94. The maximum atomic E-state index is 9.94. The second-order valence-electron chi connectivity index (χ2n) is 3.88. The lowest BCUT2D eigenvalue weighted by molar-refractivity contribution is 0.162. The number of hydrogen-bond donors (Lipinski definition) is 2. The molecular formula is C12H17NO3. The van der Waals surface area contributed by atoms with Gasteiger partial charge in [-0.2, -0.15) is 0 Å². The molecule has 1 heterocycles. The molecule has 1 unspecified atom stereocenters. The first-order valence-electron chi connectivity index (χ1n) is 5.45. The van der Waals surface area contributed by atoms with Crippen LogP contribution in [0.4, 0.5) is 0 Å². The molecule has 0 bridgehead atoms. The molecule has 0 amide bonds. The van der Waals surface area contributed by atoms with E-state index in [1.165, 1.54) is 0 Å². The number of fused-ring (bicyclic) bond motifs is 1. The van der Waals surface area contributed by atoms with Crippen LogP contribution >= 0.6 is 0 Å². The van der Waals surface area contributed by atoms with Gasteiger partial charge in [0.2, 0.25) is 0 Å². The molecule has 0 aliphatic carbocycles. The third kappa shape index (κ3) is 1.99. The molecule has 1 atom stereocenters. The van der Waals surface area contributed by atoms with Crippen LogP contribution in [0.1, 0.15) is 17.2 Å². The molecule has 4 nitrogen and oxygen atoms in total. The van der Waals surface area contributed by atoms with Gasteiger partial charge in [-0.3, -0.25) is 0 Å². The van der Waals surface area contributed by atoms with Crippen LogP contribution in [-0.2, 0) is 0 Å². The molecule has 1 aliphatic heterocycles. The number of benzene rings is 1. The molecule has 16 heavy (non-hydrogen) atoms. The molecule has 1 aliphatic rings. The fourth-order valence-electron chi connectivity index (χ4n) is 1.93. The summed E-state index contributed by atoms with van der Waals surface area (Å²) in [6.45, 7) is 3.63. The summed E-state index contributed by atoms with van der Waals surface area (Å²) in [4.78, 5) is 0. The van der Waals surface area contributed by atoms with Crippen LogP contribution in [0.25, 0.3) is 0 Å². The summed E-state index contributed by atoms with van der Waals surface area (Å²) in [5, 5.41) is 12.9. The number of hydrogen-bond acceptors (Lipinski definition) is 4. The summed E-state index contributed by atoms with van der Waals surface area (Å²) < 4.78 is 11.0. The topological polar surface area (TPSA) is 50.7 Å². The number of aliphatic hydroxyl groups excluding tert-OH is 1. The van der Waals surface area contributed by atoms with E-state index >= 15 is 0 Å². The van der Waals surface area contributed by atoms with Crippen LogP contribution in [0, 0.1) is 6.92 Å². The molecule has 0 radical (unpaired) electrons. The fourth-order valence-corrected chi connectivity index (χ4v) is 1.93. The zero-order chi connectivity index (χ0) is 11.5. The van der Waals surface area contributed by atoms with Crippen LogP contribution in [0.5, 0.6) is 11.5 Å². The number of nitrogens with one attached hydrogen (secondary N) is 1. The van der Waals surface area contributed by atoms with Crippen LogP contribution in [0.2, 0.25) is 0 Å². The third-order valence-electron chi connectivity index (χ3n) is 2.76. The Morgan fingerprint density at radius 2 is 2.12 bits per heavy atom. The predicted octanol–water partition coefficient (Wildman–Crippen LogP) is 1.02. The molecule has 2 N–H and O–H groups in total. The molecule has 0 fully saturated rings. The van der Waals surface area contributed by atoms with Gasteiger partial charge in [0.05, 0.1) is 6.10 Å². The molecule has 1 aromatic carbocycles. The highest BCUT2D eigenvalue weighted by molar-refractivity contribution is 5.51. The van der Waals surface area contributed by atoms with Crippen LogP contribution < -0.4 is 14.8 Å². The number of rotatable bonds is 3. The lowest BCUT2D eigenvalue weighted by Gasteiger charge is -2.23. The zero-order valence-corrected chi connectivity index (χ0v) is 9.62. The summed E-state index contributed by atoms with van der Waals surface area (Å²) in [6, 6.07) is 3.75. The highest BCUT2D eigenvalue weighted by Crippen LogP contribution is 2.37. The van der Waals surface area contributed by atoms with Crippen molar-refractivity contribution in [1.82, 2.24) is 5.32 Å². The summed E-state index contributed by atoms with van der Waals surface area (Å²) >= 11 is 0. The molecule has 0 aromatic heterocycles. The van der Waals surface area contributed by atoms with Gasteiger partial charge < -0.3 is 19.9 Å². The summed E-state index contributed by atoms with van der Waals surface area (Å²) in [6.07, 6.45) is -0.513. The van der Waals surface area contributed by atoms with Crippen molar-refractivity contribution in [2.24, 2.45) is 0 Å². The van der Waals surface area contributed by atoms with E-state index in [1.807, 2.05) is 26.1 Å². The van der Waals surface area contributed by atoms with Crippen molar-refractivity contribution in [1.29, 1.82) is 0 Å². The zero-order valence-electron chi connectivity index (χ0n) is 9.62. The molecule has 88 valence electrons. The standard InChI is InChI=1S/C12H17NO3/c1-8-9(10(14)7-13-2)3-4-11-12(8)16-6-5-15-11/h3-4,10,13-14H,5-7H2,1-2H3. The first-order chi connectivity index (χ1) is 7.74. The predicted molar refractivity (Wildman–Crippen MR) is 61.1 cm³/mol. The molecule has 0 saturated heterocycles. The fraction of sp³-hybridized carbons (Fsp3) is 0.500. The van der Waals surface area contributed by atoms with Gasteiger partial charge in [0.15, 0.2) is 11.5 Å². The van der Waals surface area contributed by atoms with Crippen LogP contribution in [-0.4, -0.2) is 31.9 Å². The van der Waals surface area contributed by atoms with Crippen molar-refractivity contribution in [3.63, 3.8) is 0 Å². The van der Waals surface area contributed by atoms with Crippen LogP contribution in [0.3, 0.4) is 0 Å². The van der Waals surface area contributed by atoms with E-state index in [1.54, 1.807) is 0 Å². The van der Waals surface area contributed by atoms with E-state index in [0.29, 0.717) is 19.8 Å². The Balaban J connectivity index is 2.33. The lowest BCUT2D eigenvalue weighted by atomic mass is 10.0. The molecule has 2 rings (SSSR count). The van der Waals surface area contributed by atoms with Gasteiger partial charge in [-0.05, 0) is 25.6 Å². The third-order valence-corrected chi connectivity index (χ3v) is 2.76. The van der Waals surface area contributed by atoms with Crippen molar-refractivity contribution < 1.29 is 14.6 Å². The van der Waals surface area contributed by atoms with Crippen LogP contribution in [0.15, 0.2) is 12.1 Å². The Hall–Kier alpha value is -1.26. The first kappa shape index (κ1) is 11.2. The van der Waals surface area contributed by atoms with Crippen molar-refractivity contribution in [2.45, 2.75) is 13.0 Å². The van der Waals surface area contributed by atoms with E-state index in [-0.39, 0.29) is 0 Å². The van der Waals surface area contributed by atoms with E-state index in [4.69, 9.17) is 9.47 Å². The van der Waals surface area contributed by atoms with E-state index in [9.17, 15) is 5.11 Å². The molecule has 0 spiro atoms. The first-order valence-corrected chi connectivity index (χ1v) is 5.45. The minimum Gasteiger partial charge on any atom is -0.486 e. The minimum atomic E-state index is -0.513. The van der Waals surface area contributed by atoms with Gasteiger partial charge in [-0.1, -0.05) is 6.07 Å². The highest BCUT2D eigenvalue weighted by atomic mass is 16.6. The SMILES string of the molecule is CNCC(O)c1ccc2c(c1C)OCCO2. The Morgan fingerprint density at radius 3 is 2.88 bits per heavy atom. The van der Waals surface area contributed by atoms with Crippen molar-refractivity contribution in [3.8, 4) is 11.5 Å². The van der Waals surface area contributed by atoms with Crippen molar-refractivity contribution in [2.75, 3.05) is 26.8 Å². The molecule has 1 aromatic rings. The molecular weight excluding hydrogens is 206 g/mol. The normalized spacial score (nSPS) is 15.9. The smallest absolute Gasteiger partial charge is 0.164 e. The minimum absolute atomic E-state index is 0.513. The quantitative estimate of drug-likeness (QED) is 0.803. The van der Waals surface area contributed by atoms with Crippen molar-refractivity contribution >= 4 is 0 Å². The van der Waals surface area contributed by atoms with E-state index < -0.39 is 6.10 Å². The second-order valence-corrected chi connectivity index (χ2v) is 3.88. The monoisotopic (exact) mass is 223 g/mol. The van der Waals surface area contributed by atoms with Gasteiger partial charge in [0.25, 0.3) is 0 Å². The Morgan fingerprint density at radius 1 is 1.38 bits per heavy atom. The van der Waals surface area contributed by atoms with Gasteiger partial charge >= 0.3 is 0 Å². The number of likely N-dealkylation sites (N-methyl/N-ethyl adjacent to an activating group) is 1. The van der Waals surface area contributed by atoms with Gasteiger partial charge in [-0.25, -0.2) is 0 Å². The maximum Gasteiger partial charge on any atom is 0.164 e. The van der Waals surface area contributed by atoms with Gasteiger partial charge in [-0.15, -0.1) is 0 Å². The number of ether oxygens (including phenoxy) is 2. The molecule has 4 heteroatoms. The Labute approximate surface area is 95.2 Å². The lowest BCUT2D eigenvalue weighted by Crippen LogP contribution is -2.20. The average Bonchev–Trinajstić information content (AvgIpc) is 2.30. The molecule has 0 saturated carbocycles. The average molecular weight is 223 g/mol. The summed E-state index contributed by atoms with van der Waals surface area (Å²) in [5.74, 6) is 1.53. The van der Waals surface area contributed by atoms with Crippen molar-refractivity contribution in [3.05, 3.63) is 23.3 Å². The van der Waals surface area contributed by atoms with Gasteiger partial charge in [0.1, 0.15) is 13.2 Å². The highest BCUT2D eigenvalue weighted by Gasteiger charge is 2.19. The second kappa shape index (κ2) is 4.72. The largest absolute Gasteiger partial charge is 0.486 e. The Bertz CT molecular complexity index is 379. The van der Waals surface area contributed by atoms with E-state index in [2.05, 4.69) is 5.32 Å².